The second-order valence-corrected chi connectivity index (χ2v) is 8.18. The van der Waals surface area contributed by atoms with Crippen LogP contribution in [0.5, 0.6) is 11.5 Å². The lowest BCUT2D eigenvalue weighted by Gasteiger charge is -2.45. The zero-order valence-electron chi connectivity index (χ0n) is 12.3. The fourth-order valence-electron chi connectivity index (χ4n) is 3.31. The molecule has 0 bridgehead atoms. The van der Waals surface area contributed by atoms with E-state index in [1.54, 1.807) is 0 Å². The molecule has 2 aliphatic rings. The Kier molecular flexibility index (Phi) is 3.37. The maximum atomic E-state index is 13.7. The number of rotatable bonds is 3. The molecular weight excluding hydrogens is 341 g/mol. The average Bonchev–Trinajstić information content (AvgIpc) is 2.44. The van der Waals surface area contributed by atoms with Crippen LogP contribution in [-0.2, 0) is 19.3 Å². The summed E-state index contributed by atoms with van der Waals surface area (Å²) in [5, 5.41) is 0. The summed E-state index contributed by atoms with van der Waals surface area (Å²) in [5.74, 6) is -0.766. The molecule has 0 atom stereocenters. The molecule has 1 aromatic rings. The molecule has 0 saturated carbocycles. The molecule has 0 aromatic heterocycles. The van der Waals surface area contributed by atoms with Crippen molar-refractivity contribution in [2.45, 2.75) is 37.0 Å². The average molecular weight is 359 g/mol. The Morgan fingerprint density at radius 2 is 1.43 bits per heavy atom. The lowest BCUT2D eigenvalue weighted by atomic mass is 9.91. The van der Waals surface area contributed by atoms with E-state index in [-0.39, 0.29) is 56.8 Å². The lowest BCUT2D eigenvalue weighted by molar-refractivity contribution is 0.252. The van der Waals surface area contributed by atoms with Crippen LogP contribution in [0, 0.1) is 0 Å². The van der Waals surface area contributed by atoms with Crippen LogP contribution in [0.3, 0.4) is 0 Å². The maximum absolute atomic E-state index is 13.7. The Morgan fingerprint density at radius 1 is 0.870 bits per heavy atom. The minimum Gasteiger partial charge on any atom is -0.493 e. The third-order valence-corrected chi connectivity index (χ3v) is 5.29. The van der Waals surface area contributed by atoms with Crippen molar-refractivity contribution in [3.63, 3.8) is 0 Å². The van der Waals surface area contributed by atoms with Crippen molar-refractivity contribution in [1.82, 2.24) is 0 Å². The number of fused-ring (bicyclic) bond motifs is 2. The van der Waals surface area contributed by atoms with E-state index in [4.69, 9.17) is 15.2 Å². The fourth-order valence-corrected chi connectivity index (χ4v) is 4.51. The summed E-state index contributed by atoms with van der Waals surface area (Å²) in [5.41, 5.74) is 5.73. The monoisotopic (exact) mass is 359 g/mol. The molecule has 23 heavy (non-hydrogen) atoms. The highest BCUT2D eigenvalue weighted by molar-refractivity contribution is 8.45. The Labute approximate surface area is 130 Å². The number of halogens is 5. The SMILES string of the molecule is NCCc1c2c(c(S(F)(F)(F)(F)F)c3c1OCCC3)OCCC2. The van der Waals surface area contributed by atoms with Crippen LogP contribution in [0.25, 0.3) is 0 Å². The Balaban J connectivity index is 2.41. The molecule has 132 valence electrons. The van der Waals surface area contributed by atoms with Crippen molar-refractivity contribution in [3.8, 4) is 11.5 Å². The van der Waals surface area contributed by atoms with Crippen molar-refractivity contribution in [2.75, 3.05) is 19.8 Å². The van der Waals surface area contributed by atoms with Gasteiger partial charge >= 0.3 is 10.2 Å². The van der Waals surface area contributed by atoms with Crippen LogP contribution < -0.4 is 15.2 Å². The standard InChI is InChI=1S/C14H18F5NO2S/c15-23(16,17,18,19)14-11-4-2-7-21-12(11)10(5-6-20)9-3-1-8-22-13(9)14/h1-8,20H2. The summed E-state index contributed by atoms with van der Waals surface area (Å²) in [7, 11) is -9.90. The van der Waals surface area contributed by atoms with E-state index < -0.39 is 26.4 Å². The zero-order chi connectivity index (χ0) is 16.9. The molecule has 0 saturated heterocycles. The molecule has 0 fully saturated rings. The predicted octanol–water partition coefficient (Wildman–Crippen LogP) is 4.50. The van der Waals surface area contributed by atoms with E-state index in [1.165, 1.54) is 0 Å². The number of benzene rings is 1. The first-order valence-corrected chi connectivity index (χ1v) is 9.38. The summed E-state index contributed by atoms with van der Waals surface area (Å²) >= 11 is 0. The third kappa shape index (κ3) is 2.96. The molecule has 1 aromatic carbocycles. The zero-order valence-corrected chi connectivity index (χ0v) is 13.2. The quantitative estimate of drug-likeness (QED) is 0.809. The normalized spacial score (nSPS) is 20.4. The largest absolute Gasteiger partial charge is 0.493 e. The van der Waals surface area contributed by atoms with E-state index in [1.807, 2.05) is 0 Å². The fraction of sp³-hybridized carbons (Fsp3) is 0.571. The summed E-state index contributed by atoms with van der Waals surface area (Å²) in [6.45, 7) is 0.400. The van der Waals surface area contributed by atoms with Gasteiger partial charge in [0.2, 0.25) is 0 Å². The first-order valence-electron chi connectivity index (χ1n) is 7.43. The van der Waals surface area contributed by atoms with Gasteiger partial charge in [0.05, 0.1) is 13.2 Å². The molecule has 2 aliphatic heterocycles. The Bertz CT molecular complexity index is 622. The minimum absolute atomic E-state index is 0.00442. The molecule has 2 heterocycles. The van der Waals surface area contributed by atoms with Gasteiger partial charge in [-0.3, -0.25) is 0 Å². The van der Waals surface area contributed by atoms with Crippen molar-refractivity contribution in [3.05, 3.63) is 16.7 Å². The van der Waals surface area contributed by atoms with Crippen LogP contribution in [0.4, 0.5) is 19.4 Å². The van der Waals surface area contributed by atoms with Gasteiger partial charge in [0.1, 0.15) is 11.5 Å². The number of nitrogens with two attached hydrogens (primary N) is 1. The van der Waals surface area contributed by atoms with Gasteiger partial charge < -0.3 is 15.2 Å². The van der Waals surface area contributed by atoms with Crippen LogP contribution in [0.2, 0.25) is 0 Å². The van der Waals surface area contributed by atoms with Crippen LogP contribution in [0.15, 0.2) is 4.90 Å². The molecule has 9 heteroatoms. The Hall–Kier alpha value is -1.22. The smallest absolute Gasteiger partial charge is 0.314 e. The van der Waals surface area contributed by atoms with Crippen LogP contribution >= 0.6 is 10.2 Å². The van der Waals surface area contributed by atoms with Crippen LogP contribution in [0.1, 0.15) is 29.5 Å². The summed E-state index contributed by atoms with van der Waals surface area (Å²) < 4.78 is 78.9. The molecule has 2 N–H and O–H groups in total. The second kappa shape index (κ2) is 4.66. The first kappa shape index (κ1) is 16.6. The van der Waals surface area contributed by atoms with Gasteiger partial charge in [0.15, 0.2) is 4.90 Å². The third-order valence-electron chi connectivity index (χ3n) is 4.08. The number of ether oxygens (including phenoxy) is 2. The highest BCUT2D eigenvalue weighted by Gasteiger charge is 2.69. The van der Waals surface area contributed by atoms with E-state index in [9.17, 15) is 19.4 Å². The Morgan fingerprint density at radius 3 is 2.00 bits per heavy atom. The maximum Gasteiger partial charge on any atom is 0.314 e. The van der Waals surface area contributed by atoms with E-state index in [0.717, 1.165) is 0 Å². The molecule has 0 unspecified atom stereocenters. The van der Waals surface area contributed by atoms with Gasteiger partial charge in [-0.15, -0.1) is 0 Å². The van der Waals surface area contributed by atoms with Gasteiger partial charge in [-0.05, 0) is 38.6 Å². The van der Waals surface area contributed by atoms with E-state index in [0.29, 0.717) is 12.0 Å². The summed E-state index contributed by atoms with van der Waals surface area (Å²) in [4.78, 5) is -1.88. The molecule has 0 aliphatic carbocycles. The molecule has 0 amide bonds. The van der Waals surface area contributed by atoms with Gasteiger partial charge in [-0.25, -0.2) is 0 Å². The van der Waals surface area contributed by atoms with Gasteiger partial charge in [0.25, 0.3) is 0 Å². The summed E-state index contributed by atoms with van der Waals surface area (Å²) in [6, 6.07) is 0. The van der Waals surface area contributed by atoms with Crippen molar-refractivity contribution in [2.24, 2.45) is 5.73 Å². The molecule has 3 nitrogen and oxygen atoms in total. The predicted molar refractivity (Wildman–Crippen MR) is 78.2 cm³/mol. The molecule has 0 spiro atoms. The first-order chi connectivity index (χ1) is 10.5. The van der Waals surface area contributed by atoms with E-state index >= 15 is 0 Å². The van der Waals surface area contributed by atoms with E-state index in [2.05, 4.69) is 0 Å². The van der Waals surface area contributed by atoms with Crippen molar-refractivity contribution < 1.29 is 28.9 Å². The highest BCUT2D eigenvalue weighted by Crippen LogP contribution is 3.03. The minimum atomic E-state index is -9.90. The van der Waals surface area contributed by atoms with Crippen molar-refractivity contribution in [1.29, 1.82) is 0 Å². The topological polar surface area (TPSA) is 44.5 Å². The second-order valence-electron chi connectivity index (χ2n) is 5.83. The number of hydrogen-bond donors (Lipinski definition) is 1. The van der Waals surface area contributed by atoms with Gasteiger partial charge in [-0.2, -0.15) is 0 Å². The lowest BCUT2D eigenvalue weighted by Crippen LogP contribution is -2.23. The molecule has 0 radical (unpaired) electrons. The van der Waals surface area contributed by atoms with Gasteiger partial charge in [0, 0.05) is 16.7 Å². The van der Waals surface area contributed by atoms with Crippen molar-refractivity contribution >= 4 is 10.2 Å². The molecule has 3 rings (SSSR count). The highest BCUT2D eigenvalue weighted by atomic mass is 32.5. The number of hydrogen-bond acceptors (Lipinski definition) is 3. The van der Waals surface area contributed by atoms with Crippen LogP contribution in [-0.4, -0.2) is 19.8 Å². The summed E-state index contributed by atoms with van der Waals surface area (Å²) in [6.07, 6.45) is 1.15. The molecular formula is C14H18F5NO2S. The van der Waals surface area contributed by atoms with Gasteiger partial charge in [-0.1, -0.05) is 19.4 Å².